The van der Waals surface area contributed by atoms with Crippen LogP contribution in [0.5, 0.6) is 0 Å². The van der Waals surface area contributed by atoms with E-state index in [9.17, 15) is 4.39 Å². The van der Waals surface area contributed by atoms with E-state index >= 15 is 0 Å². The molecule has 0 heterocycles. The van der Waals surface area contributed by atoms with E-state index in [1.807, 2.05) is 25.1 Å². The summed E-state index contributed by atoms with van der Waals surface area (Å²) in [6.45, 7) is 1.98. The Bertz CT molecular complexity index is 349. The molecule has 0 aromatic heterocycles. The summed E-state index contributed by atoms with van der Waals surface area (Å²) in [6, 6.07) is 5.39. The number of halogens is 1. The van der Waals surface area contributed by atoms with Crippen molar-refractivity contribution < 1.29 is 4.39 Å². The average molecular weight is 197 g/mol. The van der Waals surface area contributed by atoms with Gasteiger partial charge in [-0.3, -0.25) is 0 Å². The summed E-state index contributed by atoms with van der Waals surface area (Å²) in [4.78, 5) is 0. The second kappa shape index (κ2) is 2.76. The minimum atomic E-state index is -1.35. The topological polar surface area (TPSA) is 26.0 Å². The molecule has 2 N–H and O–H groups in total. The van der Waals surface area contributed by atoms with Crippen LogP contribution in [0.25, 0.3) is 0 Å². The quantitative estimate of drug-likeness (QED) is 0.633. The molecule has 1 aliphatic rings. The molecule has 0 aliphatic heterocycles. The maximum Gasteiger partial charge on any atom is 0.146 e. The molecule has 1 aliphatic carbocycles. The molecule has 2 rings (SSSR count). The Morgan fingerprint density at radius 3 is 2.92 bits per heavy atom. The smallest absolute Gasteiger partial charge is 0.146 e. The van der Waals surface area contributed by atoms with Crippen LogP contribution >= 0.6 is 9.24 Å². The highest BCUT2D eigenvalue weighted by molar-refractivity contribution is 7.18. The number of fused-ring (bicyclic) bond motifs is 1. The van der Waals surface area contributed by atoms with Crippen molar-refractivity contribution >= 4 is 9.24 Å². The summed E-state index contributed by atoms with van der Waals surface area (Å²) in [6.07, 6.45) is 0.413. The van der Waals surface area contributed by atoms with Crippen LogP contribution in [-0.4, -0.2) is 5.41 Å². The van der Waals surface area contributed by atoms with Crippen molar-refractivity contribution in [1.29, 1.82) is 0 Å². The number of rotatable bonds is 0. The third-order valence-corrected chi connectivity index (χ3v) is 3.27. The summed E-state index contributed by atoms with van der Waals surface area (Å²) in [7, 11) is 2.23. The first-order valence-electron chi connectivity index (χ1n) is 4.34. The van der Waals surface area contributed by atoms with Crippen molar-refractivity contribution in [2.75, 3.05) is 0 Å². The number of nitrogens with two attached hydrogens (primary N) is 1. The van der Waals surface area contributed by atoms with Gasteiger partial charge in [0.05, 0.1) is 6.04 Å². The fraction of sp³-hybridized carbons (Fsp3) is 0.400. The Balaban J connectivity index is 2.57. The molecule has 0 saturated carbocycles. The van der Waals surface area contributed by atoms with Crippen LogP contribution in [0.2, 0.25) is 0 Å². The Labute approximate surface area is 79.7 Å². The second-order valence-electron chi connectivity index (χ2n) is 3.73. The van der Waals surface area contributed by atoms with E-state index < -0.39 is 11.5 Å². The molecule has 3 unspecified atom stereocenters. The number of hydrogen-bond donors (Lipinski definition) is 1. The van der Waals surface area contributed by atoms with Gasteiger partial charge >= 0.3 is 0 Å². The van der Waals surface area contributed by atoms with Crippen molar-refractivity contribution in [3.63, 3.8) is 0 Å². The zero-order valence-corrected chi connectivity index (χ0v) is 8.70. The van der Waals surface area contributed by atoms with E-state index in [0.717, 1.165) is 16.7 Å². The van der Waals surface area contributed by atoms with Gasteiger partial charge in [-0.25, -0.2) is 4.39 Å². The molecule has 0 bridgehead atoms. The van der Waals surface area contributed by atoms with E-state index in [0.29, 0.717) is 6.42 Å². The Hall–Kier alpha value is -0.460. The minimum absolute atomic E-state index is 0.413. The molecule has 0 radical (unpaired) electrons. The SMILES string of the molecule is Cc1cccc2c1C(N)C(F)(P)C2. The largest absolute Gasteiger partial charge is 0.321 e. The first kappa shape index (κ1) is 9.11. The van der Waals surface area contributed by atoms with Crippen LogP contribution < -0.4 is 5.73 Å². The highest BCUT2D eigenvalue weighted by Gasteiger charge is 2.41. The van der Waals surface area contributed by atoms with E-state index in [1.54, 1.807) is 0 Å². The van der Waals surface area contributed by atoms with Crippen molar-refractivity contribution in [2.45, 2.75) is 24.8 Å². The van der Waals surface area contributed by atoms with Crippen molar-refractivity contribution in [1.82, 2.24) is 0 Å². The van der Waals surface area contributed by atoms with Gasteiger partial charge in [-0.15, -0.1) is 0 Å². The molecule has 0 fully saturated rings. The monoisotopic (exact) mass is 197 g/mol. The van der Waals surface area contributed by atoms with Gasteiger partial charge < -0.3 is 5.73 Å². The molecule has 1 aromatic rings. The third-order valence-electron chi connectivity index (χ3n) is 2.70. The highest BCUT2D eigenvalue weighted by Crippen LogP contribution is 2.45. The van der Waals surface area contributed by atoms with Crippen LogP contribution in [0.3, 0.4) is 0 Å². The maximum atomic E-state index is 13.8. The standard InChI is InChI=1S/C10H13FNP/c1-6-3-2-4-7-5-10(11,13)9(12)8(6)7/h2-4,9H,5,12-13H2,1H3. The molecule has 13 heavy (non-hydrogen) atoms. The van der Waals surface area contributed by atoms with Gasteiger partial charge in [0.25, 0.3) is 0 Å². The molecule has 1 nitrogen and oxygen atoms in total. The number of hydrogen-bond acceptors (Lipinski definition) is 1. The summed E-state index contributed by atoms with van der Waals surface area (Å²) >= 11 is 0. The van der Waals surface area contributed by atoms with Crippen LogP contribution in [0, 0.1) is 6.92 Å². The first-order valence-corrected chi connectivity index (χ1v) is 4.92. The normalized spacial score (nSPS) is 31.8. The maximum absolute atomic E-state index is 13.8. The lowest BCUT2D eigenvalue weighted by molar-refractivity contribution is 0.258. The second-order valence-corrected chi connectivity index (χ2v) is 4.69. The molecule has 3 atom stereocenters. The Morgan fingerprint density at radius 2 is 2.31 bits per heavy atom. The van der Waals surface area contributed by atoms with E-state index in [-0.39, 0.29) is 0 Å². The molecule has 70 valence electrons. The van der Waals surface area contributed by atoms with Crippen LogP contribution in [0.1, 0.15) is 22.7 Å². The summed E-state index contributed by atoms with van der Waals surface area (Å²) < 4.78 is 13.8. The molecule has 3 heteroatoms. The number of benzene rings is 1. The Kier molecular flexibility index (Phi) is 1.94. The fourth-order valence-electron chi connectivity index (χ4n) is 1.98. The van der Waals surface area contributed by atoms with Crippen molar-refractivity contribution in [3.8, 4) is 0 Å². The van der Waals surface area contributed by atoms with Gasteiger partial charge in [0.1, 0.15) is 5.41 Å². The van der Waals surface area contributed by atoms with E-state index in [4.69, 9.17) is 5.73 Å². The van der Waals surface area contributed by atoms with Crippen LogP contribution in [0.4, 0.5) is 4.39 Å². The zero-order chi connectivity index (χ0) is 9.64. The lowest BCUT2D eigenvalue weighted by atomic mass is 10.0. The fourth-order valence-corrected chi connectivity index (χ4v) is 2.37. The van der Waals surface area contributed by atoms with E-state index in [2.05, 4.69) is 9.24 Å². The predicted octanol–water partition coefficient (Wildman–Crippen LogP) is 2.09. The third kappa shape index (κ3) is 1.29. The number of aryl methyl sites for hydroxylation is 1. The molecule has 1 aromatic carbocycles. The minimum Gasteiger partial charge on any atom is -0.321 e. The molecule has 0 saturated heterocycles. The molecular formula is C10H13FNP. The molecule has 0 spiro atoms. The first-order chi connectivity index (χ1) is 6.02. The summed E-state index contributed by atoms with van der Waals surface area (Å²) in [5, 5.41) is -1.35. The van der Waals surface area contributed by atoms with Gasteiger partial charge in [-0.2, -0.15) is 0 Å². The van der Waals surface area contributed by atoms with Gasteiger partial charge in [-0.05, 0) is 23.6 Å². The lowest BCUT2D eigenvalue weighted by Gasteiger charge is -2.19. The summed E-state index contributed by atoms with van der Waals surface area (Å²) in [5.41, 5.74) is 8.95. The molecular weight excluding hydrogens is 184 g/mol. The zero-order valence-electron chi connectivity index (χ0n) is 7.55. The van der Waals surface area contributed by atoms with Crippen LogP contribution in [0.15, 0.2) is 18.2 Å². The Morgan fingerprint density at radius 1 is 1.62 bits per heavy atom. The molecule has 0 amide bonds. The lowest BCUT2D eigenvalue weighted by Crippen LogP contribution is -2.27. The predicted molar refractivity (Wildman–Crippen MR) is 55.4 cm³/mol. The highest BCUT2D eigenvalue weighted by atomic mass is 31.0. The average Bonchev–Trinajstić information content (AvgIpc) is 2.24. The van der Waals surface area contributed by atoms with Gasteiger partial charge in [0.2, 0.25) is 0 Å². The number of alkyl halides is 1. The summed E-state index contributed by atoms with van der Waals surface area (Å²) in [5.74, 6) is 0. The van der Waals surface area contributed by atoms with Gasteiger partial charge in [0, 0.05) is 6.42 Å². The van der Waals surface area contributed by atoms with Gasteiger partial charge in [-0.1, -0.05) is 27.4 Å². The van der Waals surface area contributed by atoms with Crippen LogP contribution in [-0.2, 0) is 6.42 Å². The van der Waals surface area contributed by atoms with Crippen molar-refractivity contribution in [2.24, 2.45) is 5.73 Å². The van der Waals surface area contributed by atoms with E-state index in [1.165, 1.54) is 0 Å². The van der Waals surface area contributed by atoms with Gasteiger partial charge in [0.15, 0.2) is 0 Å². The van der Waals surface area contributed by atoms with Crippen molar-refractivity contribution in [3.05, 3.63) is 34.9 Å².